The molecule has 10 heteroatoms. The van der Waals surface area contributed by atoms with E-state index < -0.39 is 35.5 Å². The zero-order valence-corrected chi connectivity index (χ0v) is 15.7. The third kappa shape index (κ3) is 5.72. The van der Waals surface area contributed by atoms with E-state index in [1.807, 2.05) is 0 Å². The molecule has 2 rings (SSSR count). The topological polar surface area (TPSA) is 113 Å². The second kappa shape index (κ2) is 9.29. The highest BCUT2D eigenvalue weighted by Crippen LogP contribution is 2.29. The van der Waals surface area contributed by atoms with Crippen molar-refractivity contribution in [3.8, 4) is 5.75 Å². The third-order valence-corrected chi connectivity index (χ3v) is 4.28. The van der Waals surface area contributed by atoms with Crippen molar-refractivity contribution in [2.24, 2.45) is 5.92 Å². The maximum Gasteiger partial charge on any atom is 0.416 e. The molecule has 0 saturated carbocycles. The first-order valence-corrected chi connectivity index (χ1v) is 8.59. The maximum atomic E-state index is 12.6. The standard InChI is InChI=1S/C20H18F3NO6/c1-30-16-7-4-12(9-15(18(26)27)19(28)29)8-14(16)17(25)24-10-11-2-5-13(6-3-11)20(21,22)23/h2-8,15H,9-10H2,1H3,(H,24,25)(H,26,27)(H,28,29). The average Bonchev–Trinajstić information content (AvgIpc) is 2.69. The molecule has 0 heterocycles. The van der Waals surface area contributed by atoms with Crippen molar-refractivity contribution >= 4 is 17.8 Å². The summed E-state index contributed by atoms with van der Waals surface area (Å²) in [7, 11) is 1.32. The summed E-state index contributed by atoms with van der Waals surface area (Å²) in [6.45, 7) is -0.0583. The van der Waals surface area contributed by atoms with Gasteiger partial charge in [-0.25, -0.2) is 0 Å². The number of carbonyl (C=O) groups is 3. The van der Waals surface area contributed by atoms with Gasteiger partial charge >= 0.3 is 18.1 Å². The van der Waals surface area contributed by atoms with E-state index in [1.54, 1.807) is 0 Å². The molecule has 2 aromatic carbocycles. The minimum Gasteiger partial charge on any atom is -0.496 e. The molecule has 0 aromatic heterocycles. The van der Waals surface area contributed by atoms with Gasteiger partial charge in [-0.05, 0) is 41.8 Å². The Morgan fingerprint density at radius 2 is 1.57 bits per heavy atom. The van der Waals surface area contributed by atoms with E-state index in [2.05, 4.69) is 5.32 Å². The van der Waals surface area contributed by atoms with Crippen LogP contribution < -0.4 is 10.1 Å². The smallest absolute Gasteiger partial charge is 0.416 e. The van der Waals surface area contributed by atoms with Gasteiger partial charge in [0.1, 0.15) is 5.75 Å². The van der Waals surface area contributed by atoms with Gasteiger partial charge in [-0.3, -0.25) is 14.4 Å². The number of rotatable bonds is 8. The van der Waals surface area contributed by atoms with Crippen molar-refractivity contribution in [3.05, 3.63) is 64.7 Å². The largest absolute Gasteiger partial charge is 0.496 e. The first-order valence-electron chi connectivity index (χ1n) is 8.59. The summed E-state index contributed by atoms with van der Waals surface area (Å²) >= 11 is 0. The number of hydrogen-bond donors (Lipinski definition) is 3. The van der Waals surface area contributed by atoms with Crippen LogP contribution in [0.15, 0.2) is 42.5 Å². The molecule has 0 unspecified atom stereocenters. The van der Waals surface area contributed by atoms with E-state index in [4.69, 9.17) is 14.9 Å². The van der Waals surface area contributed by atoms with E-state index in [-0.39, 0.29) is 24.3 Å². The Kier molecular flexibility index (Phi) is 7.04. The molecule has 0 aliphatic heterocycles. The Morgan fingerprint density at radius 1 is 1.00 bits per heavy atom. The van der Waals surface area contributed by atoms with Crippen LogP contribution in [0.25, 0.3) is 0 Å². The number of halogens is 3. The first-order chi connectivity index (χ1) is 14.0. The number of amides is 1. The summed E-state index contributed by atoms with van der Waals surface area (Å²) in [6.07, 6.45) is -4.80. The molecule has 0 atom stereocenters. The number of hydrogen-bond acceptors (Lipinski definition) is 4. The van der Waals surface area contributed by atoms with Gasteiger partial charge in [0.2, 0.25) is 0 Å². The normalized spacial score (nSPS) is 11.2. The lowest BCUT2D eigenvalue weighted by Gasteiger charge is -2.13. The van der Waals surface area contributed by atoms with Crippen LogP contribution in [0.4, 0.5) is 13.2 Å². The van der Waals surface area contributed by atoms with Crippen LogP contribution in [0.5, 0.6) is 5.75 Å². The van der Waals surface area contributed by atoms with E-state index in [1.165, 1.54) is 37.4 Å². The number of benzene rings is 2. The minimum absolute atomic E-state index is 0.0384. The molecule has 3 N–H and O–H groups in total. The Labute approximate surface area is 169 Å². The molecule has 1 amide bonds. The molecule has 7 nitrogen and oxygen atoms in total. The van der Waals surface area contributed by atoms with E-state index in [0.29, 0.717) is 11.1 Å². The number of nitrogens with one attached hydrogen (secondary N) is 1. The predicted octanol–water partition coefficient (Wildman–Crippen LogP) is 2.97. The lowest BCUT2D eigenvalue weighted by atomic mass is 9.97. The lowest BCUT2D eigenvalue weighted by Crippen LogP contribution is -2.26. The van der Waals surface area contributed by atoms with Gasteiger partial charge in [0.05, 0.1) is 18.2 Å². The van der Waals surface area contributed by atoms with Crippen LogP contribution in [0.3, 0.4) is 0 Å². The van der Waals surface area contributed by atoms with Gasteiger partial charge in [0, 0.05) is 6.54 Å². The van der Waals surface area contributed by atoms with Gasteiger partial charge in [0.15, 0.2) is 5.92 Å². The summed E-state index contributed by atoms with van der Waals surface area (Å²) < 4.78 is 42.9. The van der Waals surface area contributed by atoms with Crippen LogP contribution in [-0.4, -0.2) is 35.2 Å². The van der Waals surface area contributed by atoms with Crippen molar-refractivity contribution in [3.63, 3.8) is 0 Å². The predicted molar refractivity (Wildman–Crippen MR) is 98.1 cm³/mol. The summed E-state index contributed by atoms with van der Waals surface area (Å²) in [5, 5.41) is 20.6. The van der Waals surface area contributed by atoms with E-state index >= 15 is 0 Å². The molecule has 2 aromatic rings. The zero-order chi connectivity index (χ0) is 22.5. The molecular formula is C20H18F3NO6. The Hall–Kier alpha value is -3.56. The number of ether oxygens (including phenoxy) is 1. The highest BCUT2D eigenvalue weighted by atomic mass is 19.4. The number of aliphatic carboxylic acids is 2. The van der Waals surface area contributed by atoms with Gasteiger partial charge < -0.3 is 20.3 Å². The fraction of sp³-hybridized carbons (Fsp3) is 0.250. The number of carbonyl (C=O) groups excluding carboxylic acids is 1. The third-order valence-electron chi connectivity index (χ3n) is 4.28. The van der Waals surface area contributed by atoms with Gasteiger partial charge in [-0.15, -0.1) is 0 Å². The maximum absolute atomic E-state index is 12.6. The Balaban J connectivity index is 2.15. The van der Waals surface area contributed by atoms with Gasteiger partial charge in [-0.1, -0.05) is 18.2 Å². The summed E-state index contributed by atoms with van der Waals surface area (Å²) in [4.78, 5) is 34.7. The van der Waals surface area contributed by atoms with E-state index in [9.17, 15) is 27.6 Å². The second-order valence-corrected chi connectivity index (χ2v) is 6.35. The molecule has 160 valence electrons. The number of alkyl halides is 3. The molecule has 0 spiro atoms. The Bertz CT molecular complexity index is 927. The summed E-state index contributed by atoms with van der Waals surface area (Å²) in [6, 6.07) is 8.46. The monoisotopic (exact) mass is 425 g/mol. The van der Waals surface area contributed by atoms with Crippen molar-refractivity contribution in [1.82, 2.24) is 5.32 Å². The van der Waals surface area contributed by atoms with Crippen molar-refractivity contribution in [2.45, 2.75) is 19.1 Å². The molecule has 0 bridgehead atoms. The molecule has 0 fully saturated rings. The fourth-order valence-electron chi connectivity index (χ4n) is 2.66. The van der Waals surface area contributed by atoms with Crippen LogP contribution in [0.2, 0.25) is 0 Å². The summed E-state index contributed by atoms with van der Waals surface area (Å²) in [5.74, 6) is -5.14. The molecule has 0 radical (unpaired) electrons. The van der Waals surface area contributed by atoms with E-state index in [0.717, 1.165) is 12.1 Å². The average molecular weight is 425 g/mol. The van der Waals surface area contributed by atoms with Crippen LogP contribution >= 0.6 is 0 Å². The SMILES string of the molecule is COc1ccc(CC(C(=O)O)C(=O)O)cc1C(=O)NCc1ccc(C(F)(F)F)cc1. The number of carboxylic acid groups (broad SMARTS) is 2. The van der Waals surface area contributed by atoms with Crippen LogP contribution in [0.1, 0.15) is 27.0 Å². The fourth-order valence-corrected chi connectivity index (χ4v) is 2.66. The number of carboxylic acids is 2. The highest BCUT2D eigenvalue weighted by molar-refractivity contribution is 5.97. The first kappa shape index (κ1) is 22.7. The molecule has 0 aliphatic rings. The van der Waals surface area contributed by atoms with Crippen LogP contribution in [-0.2, 0) is 28.7 Å². The Morgan fingerprint density at radius 3 is 2.07 bits per heavy atom. The van der Waals surface area contributed by atoms with Gasteiger partial charge in [0.25, 0.3) is 5.91 Å². The molecule has 0 saturated heterocycles. The zero-order valence-electron chi connectivity index (χ0n) is 15.7. The quantitative estimate of drug-likeness (QED) is 0.561. The molecule has 0 aliphatic carbocycles. The highest BCUT2D eigenvalue weighted by Gasteiger charge is 2.30. The van der Waals surface area contributed by atoms with Crippen molar-refractivity contribution in [1.29, 1.82) is 0 Å². The second-order valence-electron chi connectivity index (χ2n) is 6.35. The molecule has 30 heavy (non-hydrogen) atoms. The minimum atomic E-state index is -4.46. The molecular weight excluding hydrogens is 407 g/mol. The van der Waals surface area contributed by atoms with Crippen molar-refractivity contribution in [2.75, 3.05) is 7.11 Å². The van der Waals surface area contributed by atoms with Crippen molar-refractivity contribution < 1.29 is 42.5 Å². The summed E-state index contributed by atoms with van der Waals surface area (Å²) in [5.41, 5.74) is -0.0385. The lowest BCUT2D eigenvalue weighted by molar-refractivity contribution is -0.154. The van der Waals surface area contributed by atoms with Crippen LogP contribution in [0, 0.1) is 5.92 Å². The number of methoxy groups -OCH3 is 1. The van der Waals surface area contributed by atoms with Gasteiger partial charge in [-0.2, -0.15) is 13.2 Å².